The van der Waals surface area contributed by atoms with Crippen molar-refractivity contribution in [2.45, 2.75) is 32.4 Å². The standard InChI is InChI=1S/C13H20BrN3O.ClH/c1-3-16-8-10(14)7-12(16)13(18)17-6-4-5-11(9-17)15-2;/h7-8,11,15H,3-6,9H2,1-2H3;1H. The average Bonchev–Trinajstić information content (AvgIpc) is 2.79. The molecule has 1 aliphatic rings. The average molecular weight is 351 g/mol. The molecule has 1 aromatic rings. The van der Waals surface area contributed by atoms with Gasteiger partial charge in [-0.05, 0) is 48.8 Å². The van der Waals surface area contributed by atoms with E-state index in [0.717, 1.165) is 42.6 Å². The summed E-state index contributed by atoms with van der Waals surface area (Å²) in [5.41, 5.74) is 0.779. The molecule has 0 saturated carbocycles. The Kier molecular flexibility index (Phi) is 6.36. The van der Waals surface area contributed by atoms with E-state index >= 15 is 0 Å². The number of amides is 1. The minimum absolute atomic E-state index is 0. The normalized spacial score (nSPS) is 19.1. The summed E-state index contributed by atoms with van der Waals surface area (Å²) >= 11 is 3.44. The SMILES string of the molecule is CCn1cc(Br)cc1C(=O)N1CCCC(NC)C1.Cl. The highest BCUT2D eigenvalue weighted by Gasteiger charge is 2.25. The van der Waals surface area contributed by atoms with Gasteiger partial charge < -0.3 is 14.8 Å². The molecule has 2 rings (SSSR count). The largest absolute Gasteiger partial charge is 0.343 e. The monoisotopic (exact) mass is 349 g/mol. The van der Waals surface area contributed by atoms with Gasteiger partial charge in [0.15, 0.2) is 0 Å². The van der Waals surface area contributed by atoms with Gasteiger partial charge in [-0.1, -0.05) is 0 Å². The first-order valence-electron chi connectivity index (χ1n) is 6.48. The molecule has 1 saturated heterocycles. The summed E-state index contributed by atoms with van der Waals surface area (Å²) in [4.78, 5) is 14.5. The van der Waals surface area contributed by atoms with Gasteiger partial charge >= 0.3 is 0 Å². The fraction of sp³-hybridized carbons (Fsp3) is 0.615. The van der Waals surface area contributed by atoms with E-state index < -0.39 is 0 Å². The molecule has 1 atom stereocenters. The van der Waals surface area contributed by atoms with Gasteiger partial charge in [-0.25, -0.2) is 0 Å². The van der Waals surface area contributed by atoms with Gasteiger partial charge in [0.25, 0.3) is 5.91 Å². The van der Waals surface area contributed by atoms with Crippen molar-refractivity contribution in [2.75, 3.05) is 20.1 Å². The van der Waals surface area contributed by atoms with Gasteiger partial charge in [0.2, 0.25) is 0 Å². The van der Waals surface area contributed by atoms with Crippen LogP contribution < -0.4 is 5.32 Å². The Morgan fingerprint density at radius 3 is 2.95 bits per heavy atom. The van der Waals surface area contributed by atoms with Gasteiger partial charge in [-0.2, -0.15) is 0 Å². The van der Waals surface area contributed by atoms with Crippen molar-refractivity contribution in [1.82, 2.24) is 14.8 Å². The molecule has 2 heterocycles. The van der Waals surface area contributed by atoms with Crippen LogP contribution in [0.15, 0.2) is 16.7 Å². The highest BCUT2D eigenvalue weighted by atomic mass is 79.9. The fourth-order valence-electron chi connectivity index (χ4n) is 2.47. The summed E-state index contributed by atoms with van der Waals surface area (Å²) in [5.74, 6) is 0.141. The number of hydrogen-bond acceptors (Lipinski definition) is 2. The molecule has 1 aromatic heterocycles. The number of hydrogen-bond donors (Lipinski definition) is 1. The van der Waals surface area contributed by atoms with E-state index in [2.05, 4.69) is 28.2 Å². The van der Waals surface area contributed by atoms with Crippen LogP contribution in [0.25, 0.3) is 0 Å². The molecule has 4 nitrogen and oxygen atoms in total. The molecular formula is C13H21BrClN3O. The zero-order valence-electron chi connectivity index (χ0n) is 11.4. The molecule has 0 bridgehead atoms. The predicted molar refractivity (Wildman–Crippen MR) is 83.0 cm³/mol. The number of carbonyl (C=O) groups excluding carboxylic acids is 1. The smallest absolute Gasteiger partial charge is 0.270 e. The summed E-state index contributed by atoms with van der Waals surface area (Å²) in [6, 6.07) is 2.34. The first-order chi connectivity index (χ1) is 8.65. The van der Waals surface area contributed by atoms with Crippen LogP contribution in [0.1, 0.15) is 30.3 Å². The topological polar surface area (TPSA) is 37.3 Å². The summed E-state index contributed by atoms with van der Waals surface area (Å²) in [7, 11) is 1.96. The lowest BCUT2D eigenvalue weighted by Gasteiger charge is -2.32. The third-order valence-corrected chi connectivity index (χ3v) is 3.97. The summed E-state index contributed by atoms with van der Waals surface area (Å²) in [5, 5.41) is 3.26. The number of rotatable bonds is 3. The van der Waals surface area contributed by atoms with Crippen LogP contribution in [0.2, 0.25) is 0 Å². The van der Waals surface area contributed by atoms with E-state index in [9.17, 15) is 4.79 Å². The molecule has 1 N–H and O–H groups in total. The molecule has 1 fully saturated rings. The molecule has 1 aliphatic heterocycles. The summed E-state index contributed by atoms with van der Waals surface area (Å²) < 4.78 is 2.96. The number of halogens is 2. The Morgan fingerprint density at radius 1 is 1.58 bits per heavy atom. The number of likely N-dealkylation sites (N-methyl/N-ethyl adjacent to an activating group) is 1. The maximum Gasteiger partial charge on any atom is 0.270 e. The second kappa shape index (κ2) is 7.31. The Hall–Kier alpha value is -0.520. The Labute approximate surface area is 129 Å². The number of nitrogens with one attached hydrogen (secondary N) is 1. The number of aromatic nitrogens is 1. The quantitative estimate of drug-likeness (QED) is 0.909. The maximum absolute atomic E-state index is 12.5. The zero-order chi connectivity index (χ0) is 13.1. The molecule has 0 radical (unpaired) electrons. The number of aryl methyl sites for hydroxylation is 1. The molecule has 0 aromatic carbocycles. The molecular weight excluding hydrogens is 330 g/mol. The first kappa shape index (κ1) is 16.5. The van der Waals surface area contributed by atoms with Gasteiger partial charge in [-0.3, -0.25) is 4.79 Å². The third kappa shape index (κ3) is 3.74. The lowest BCUT2D eigenvalue weighted by molar-refractivity contribution is 0.0687. The molecule has 108 valence electrons. The Bertz CT molecular complexity index is 436. The highest BCUT2D eigenvalue weighted by molar-refractivity contribution is 9.10. The molecule has 6 heteroatoms. The van der Waals surface area contributed by atoms with E-state index in [-0.39, 0.29) is 18.3 Å². The van der Waals surface area contributed by atoms with Crippen LogP contribution in [0.4, 0.5) is 0 Å². The van der Waals surface area contributed by atoms with Crippen molar-refractivity contribution in [3.8, 4) is 0 Å². The van der Waals surface area contributed by atoms with E-state index in [4.69, 9.17) is 0 Å². The van der Waals surface area contributed by atoms with Gasteiger partial charge in [-0.15, -0.1) is 12.4 Å². The maximum atomic E-state index is 12.5. The zero-order valence-corrected chi connectivity index (χ0v) is 13.8. The second-order valence-corrected chi connectivity index (χ2v) is 5.62. The molecule has 0 aliphatic carbocycles. The van der Waals surface area contributed by atoms with E-state index in [1.54, 1.807) is 0 Å². The van der Waals surface area contributed by atoms with E-state index in [1.165, 1.54) is 0 Å². The Morgan fingerprint density at radius 2 is 2.32 bits per heavy atom. The van der Waals surface area contributed by atoms with Crippen LogP contribution in [-0.2, 0) is 6.54 Å². The number of carbonyl (C=O) groups is 1. The lowest BCUT2D eigenvalue weighted by Crippen LogP contribution is -2.47. The molecule has 1 amide bonds. The summed E-state index contributed by atoms with van der Waals surface area (Å²) in [6.45, 7) is 4.54. The van der Waals surface area contributed by atoms with E-state index in [1.807, 2.05) is 28.8 Å². The van der Waals surface area contributed by atoms with Crippen LogP contribution in [0, 0.1) is 0 Å². The van der Waals surface area contributed by atoms with E-state index in [0.29, 0.717) is 6.04 Å². The van der Waals surface area contributed by atoms with Crippen molar-refractivity contribution in [3.63, 3.8) is 0 Å². The lowest BCUT2D eigenvalue weighted by atomic mass is 10.1. The van der Waals surface area contributed by atoms with Crippen molar-refractivity contribution < 1.29 is 4.79 Å². The van der Waals surface area contributed by atoms with Crippen LogP contribution in [0.3, 0.4) is 0 Å². The number of piperidine rings is 1. The van der Waals surface area contributed by atoms with Gasteiger partial charge in [0.1, 0.15) is 5.69 Å². The van der Waals surface area contributed by atoms with Crippen LogP contribution in [-0.4, -0.2) is 41.6 Å². The van der Waals surface area contributed by atoms with Crippen molar-refractivity contribution in [2.24, 2.45) is 0 Å². The van der Waals surface area contributed by atoms with Gasteiger partial charge in [0, 0.05) is 36.3 Å². The van der Waals surface area contributed by atoms with Crippen LogP contribution in [0.5, 0.6) is 0 Å². The fourth-order valence-corrected chi connectivity index (χ4v) is 2.94. The Balaban J connectivity index is 0.00000180. The third-order valence-electron chi connectivity index (χ3n) is 3.54. The minimum atomic E-state index is 0. The minimum Gasteiger partial charge on any atom is -0.343 e. The summed E-state index contributed by atoms with van der Waals surface area (Å²) in [6.07, 6.45) is 4.19. The highest BCUT2D eigenvalue weighted by Crippen LogP contribution is 2.19. The van der Waals surface area contributed by atoms with Crippen molar-refractivity contribution in [1.29, 1.82) is 0 Å². The number of nitrogens with zero attached hydrogens (tertiary/aromatic N) is 2. The molecule has 0 spiro atoms. The molecule has 19 heavy (non-hydrogen) atoms. The van der Waals surface area contributed by atoms with Gasteiger partial charge in [0.05, 0.1) is 0 Å². The second-order valence-electron chi connectivity index (χ2n) is 4.71. The van der Waals surface area contributed by atoms with Crippen molar-refractivity contribution >= 4 is 34.2 Å². The molecule has 1 unspecified atom stereocenters. The first-order valence-corrected chi connectivity index (χ1v) is 7.27. The predicted octanol–water partition coefficient (Wildman–Crippen LogP) is 2.52. The number of likely N-dealkylation sites (tertiary alicyclic amines) is 1. The van der Waals surface area contributed by atoms with Crippen LogP contribution >= 0.6 is 28.3 Å². The van der Waals surface area contributed by atoms with Crippen molar-refractivity contribution in [3.05, 3.63) is 22.4 Å².